The average molecular weight is 476 g/mol. The lowest BCUT2D eigenvalue weighted by molar-refractivity contribution is -0.156. The van der Waals surface area contributed by atoms with E-state index < -0.39 is 0 Å². The van der Waals surface area contributed by atoms with Crippen LogP contribution in [0, 0.1) is 0 Å². The Morgan fingerprint density at radius 3 is 2.83 bits per heavy atom. The standard InChI is InChI=1S/C26H29N5O4/c1-17-14-31(15-25(33)35-17)11-7-10-24(32)30-22-12-20-21(13-23(22)34-3)27-16-28-26(20)29-18(2)19-8-5-4-6-9-19/h4-10,12-13,16-18H,11,14-15H2,1-3H3,(H,30,32)(H,27,28,29)/t17-,18+/m0/s1. The first-order chi connectivity index (χ1) is 16.9. The Hall–Kier alpha value is -3.98. The molecule has 1 fully saturated rings. The number of amides is 1. The first-order valence-corrected chi connectivity index (χ1v) is 11.5. The molecular weight excluding hydrogens is 446 g/mol. The van der Waals surface area contributed by atoms with Crippen LogP contribution in [0.4, 0.5) is 11.5 Å². The van der Waals surface area contributed by atoms with Crippen molar-refractivity contribution >= 4 is 34.3 Å². The largest absolute Gasteiger partial charge is 0.494 e. The summed E-state index contributed by atoms with van der Waals surface area (Å²) < 4.78 is 10.6. The molecule has 0 aliphatic carbocycles. The zero-order valence-corrected chi connectivity index (χ0v) is 20.0. The van der Waals surface area contributed by atoms with E-state index in [4.69, 9.17) is 9.47 Å². The van der Waals surface area contributed by atoms with Gasteiger partial charge in [-0.2, -0.15) is 0 Å². The van der Waals surface area contributed by atoms with Gasteiger partial charge < -0.3 is 20.1 Å². The number of carbonyl (C=O) groups is 2. The molecular formula is C26H29N5O4. The first-order valence-electron chi connectivity index (χ1n) is 11.5. The number of rotatable bonds is 8. The highest BCUT2D eigenvalue weighted by atomic mass is 16.5. The number of nitrogens with one attached hydrogen (secondary N) is 2. The summed E-state index contributed by atoms with van der Waals surface area (Å²) in [4.78, 5) is 34.9. The number of morpholine rings is 1. The summed E-state index contributed by atoms with van der Waals surface area (Å²) in [6, 6.07) is 13.7. The van der Waals surface area contributed by atoms with Gasteiger partial charge in [0.2, 0.25) is 5.91 Å². The number of ether oxygens (including phenoxy) is 2. The second-order valence-corrected chi connectivity index (χ2v) is 8.45. The molecule has 9 heteroatoms. The molecule has 0 radical (unpaired) electrons. The Morgan fingerprint density at radius 2 is 2.09 bits per heavy atom. The summed E-state index contributed by atoms with van der Waals surface area (Å²) in [6.45, 7) is 5.23. The van der Waals surface area contributed by atoms with E-state index in [1.807, 2.05) is 36.1 Å². The van der Waals surface area contributed by atoms with Gasteiger partial charge in [0, 0.05) is 36.7 Å². The molecule has 1 aliphatic heterocycles. The summed E-state index contributed by atoms with van der Waals surface area (Å²) in [5.41, 5.74) is 2.33. The topological polar surface area (TPSA) is 106 Å². The SMILES string of the molecule is COc1cc2ncnc(N[C@H](C)c3ccccc3)c2cc1NC(=O)C=CCN1CC(=O)O[C@@H](C)C1. The van der Waals surface area contributed by atoms with Crippen LogP contribution in [0.1, 0.15) is 25.5 Å². The third-order valence-electron chi connectivity index (χ3n) is 5.70. The van der Waals surface area contributed by atoms with E-state index in [1.165, 1.54) is 12.4 Å². The second-order valence-electron chi connectivity index (χ2n) is 8.45. The normalized spacial score (nSPS) is 17.2. The lowest BCUT2D eigenvalue weighted by Gasteiger charge is -2.29. The fourth-order valence-electron chi connectivity index (χ4n) is 4.03. The zero-order chi connectivity index (χ0) is 24.8. The van der Waals surface area contributed by atoms with E-state index in [9.17, 15) is 9.59 Å². The predicted molar refractivity (Wildman–Crippen MR) is 134 cm³/mol. The van der Waals surface area contributed by atoms with Crippen LogP contribution in [0.15, 0.2) is 60.9 Å². The number of anilines is 2. The maximum Gasteiger partial charge on any atom is 0.320 e. The quantitative estimate of drug-likeness (QED) is 0.376. The van der Waals surface area contributed by atoms with E-state index in [-0.39, 0.29) is 30.6 Å². The van der Waals surface area contributed by atoms with E-state index in [0.29, 0.717) is 35.9 Å². The molecule has 1 aromatic heterocycles. The highest BCUT2D eigenvalue weighted by molar-refractivity contribution is 6.03. The van der Waals surface area contributed by atoms with Crippen LogP contribution in [-0.2, 0) is 14.3 Å². The molecule has 0 spiro atoms. The van der Waals surface area contributed by atoms with Crippen molar-refractivity contribution in [2.45, 2.75) is 26.0 Å². The number of hydrogen-bond donors (Lipinski definition) is 2. The number of carbonyl (C=O) groups excluding carboxylic acids is 2. The third kappa shape index (κ3) is 6.13. The summed E-state index contributed by atoms with van der Waals surface area (Å²) in [5, 5.41) is 7.07. The second kappa shape index (κ2) is 11.0. The Balaban J connectivity index is 1.50. The molecule has 0 saturated carbocycles. The van der Waals surface area contributed by atoms with E-state index in [0.717, 1.165) is 10.9 Å². The van der Waals surface area contributed by atoms with Crippen LogP contribution in [-0.4, -0.2) is 59.6 Å². The van der Waals surface area contributed by atoms with Crippen molar-refractivity contribution in [1.29, 1.82) is 0 Å². The molecule has 3 aromatic rings. The maximum atomic E-state index is 12.6. The molecule has 2 heterocycles. The lowest BCUT2D eigenvalue weighted by atomic mass is 10.1. The number of aromatic nitrogens is 2. The van der Waals surface area contributed by atoms with E-state index in [1.54, 1.807) is 19.3 Å². The number of esters is 1. The number of nitrogens with zero attached hydrogens (tertiary/aromatic N) is 3. The number of hydrogen-bond acceptors (Lipinski definition) is 8. The molecule has 2 atom stereocenters. The van der Waals surface area contributed by atoms with Crippen molar-refractivity contribution < 1.29 is 19.1 Å². The molecule has 1 amide bonds. The highest BCUT2D eigenvalue weighted by Crippen LogP contribution is 2.33. The number of fused-ring (bicyclic) bond motifs is 1. The first kappa shape index (κ1) is 24.2. The van der Waals surface area contributed by atoms with Crippen LogP contribution in [0.5, 0.6) is 5.75 Å². The van der Waals surface area contributed by atoms with Gasteiger partial charge in [-0.05, 0) is 25.5 Å². The van der Waals surface area contributed by atoms with Gasteiger partial charge in [0.05, 0.1) is 24.9 Å². The van der Waals surface area contributed by atoms with Gasteiger partial charge in [-0.15, -0.1) is 0 Å². The Kier molecular flexibility index (Phi) is 7.57. The van der Waals surface area contributed by atoms with Gasteiger partial charge in [0.15, 0.2) is 0 Å². The summed E-state index contributed by atoms with van der Waals surface area (Å²) in [7, 11) is 1.54. The van der Waals surface area contributed by atoms with Crippen molar-refractivity contribution in [2.24, 2.45) is 0 Å². The minimum Gasteiger partial charge on any atom is -0.494 e. The Labute approximate surface area is 204 Å². The van der Waals surface area contributed by atoms with E-state index in [2.05, 4.69) is 39.7 Å². The van der Waals surface area contributed by atoms with Crippen LogP contribution < -0.4 is 15.4 Å². The minimum atomic E-state index is -0.306. The van der Waals surface area contributed by atoms with Gasteiger partial charge >= 0.3 is 5.97 Å². The molecule has 1 aliphatic rings. The molecule has 2 N–H and O–H groups in total. The summed E-state index contributed by atoms with van der Waals surface area (Å²) in [5.74, 6) is 0.591. The predicted octanol–water partition coefficient (Wildman–Crippen LogP) is 3.55. The van der Waals surface area contributed by atoms with Crippen LogP contribution >= 0.6 is 0 Å². The van der Waals surface area contributed by atoms with Gasteiger partial charge in [0.25, 0.3) is 0 Å². The molecule has 9 nitrogen and oxygen atoms in total. The third-order valence-corrected chi connectivity index (χ3v) is 5.70. The zero-order valence-electron chi connectivity index (χ0n) is 20.0. The fourth-order valence-corrected chi connectivity index (χ4v) is 4.03. The summed E-state index contributed by atoms with van der Waals surface area (Å²) >= 11 is 0. The van der Waals surface area contributed by atoms with Crippen molar-refractivity contribution in [2.75, 3.05) is 37.4 Å². The number of benzene rings is 2. The Bertz CT molecular complexity index is 1230. The van der Waals surface area contributed by atoms with Crippen molar-refractivity contribution in [3.05, 3.63) is 66.5 Å². The van der Waals surface area contributed by atoms with Crippen LogP contribution in [0.3, 0.4) is 0 Å². The van der Waals surface area contributed by atoms with E-state index >= 15 is 0 Å². The lowest BCUT2D eigenvalue weighted by Crippen LogP contribution is -2.44. The fraction of sp³-hybridized carbons (Fsp3) is 0.308. The molecule has 182 valence electrons. The monoisotopic (exact) mass is 475 g/mol. The minimum absolute atomic E-state index is 0.0205. The van der Waals surface area contributed by atoms with Crippen molar-refractivity contribution in [1.82, 2.24) is 14.9 Å². The molecule has 2 aromatic carbocycles. The Morgan fingerprint density at radius 1 is 1.29 bits per heavy atom. The van der Waals surface area contributed by atoms with Crippen molar-refractivity contribution in [3.63, 3.8) is 0 Å². The smallest absolute Gasteiger partial charge is 0.320 e. The van der Waals surface area contributed by atoms with Gasteiger partial charge in [-0.3, -0.25) is 14.5 Å². The van der Waals surface area contributed by atoms with Crippen LogP contribution in [0.2, 0.25) is 0 Å². The molecule has 1 saturated heterocycles. The number of cyclic esters (lactones) is 1. The average Bonchev–Trinajstić information content (AvgIpc) is 2.84. The van der Waals surface area contributed by atoms with Gasteiger partial charge in [0.1, 0.15) is 24.0 Å². The molecule has 4 rings (SSSR count). The molecule has 0 bridgehead atoms. The molecule has 35 heavy (non-hydrogen) atoms. The van der Waals surface area contributed by atoms with Gasteiger partial charge in [-0.1, -0.05) is 36.4 Å². The van der Waals surface area contributed by atoms with Crippen molar-refractivity contribution in [3.8, 4) is 5.75 Å². The van der Waals surface area contributed by atoms with Gasteiger partial charge in [-0.25, -0.2) is 9.97 Å². The maximum absolute atomic E-state index is 12.6. The summed E-state index contributed by atoms with van der Waals surface area (Å²) in [6.07, 6.45) is 4.52. The molecule has 0 unspecified atom stereocenters. The highest BCUT2D eigenvalue weighted by Gasteiger charge is 2.22. The number of methoxy groups -OCH3 is 1. The van der Waals surface area contributed by atoms with Crippen LogP contribution in [0.25, 0.3) is 10.9 Å².